The van der Waals surface area contributed by atoms with Gasteiger partial charge in [0.2, 0.25) is 0 Å². The lowest BCUT2D eigenvalue weighted by Crippen LogP contribution is -2.45. The number of methoxy groups -OCH3 is 1. The van der Waals surface area contributed by atoms with E-state index in [1.54, 1.807) is 7.11 Å². The predicted molar refractivity (Wildman–Crippen MR) is 65.9 cm³/mol. The summed E-state index contributed by atoms with van der Waals surface area (Å²) in [5.74, 6) is 0.591. The molecule has 1 aliphatic heterocycles. The summed E-state index contributed by atoms with van der Waals surface area (Å²) in [7, 11) is 1.55. The topological polar surface area (TPSA) is 61.8 Å². The van der Waals surface area contributed by atoms with E-state index in [9.17, 15) is 9.90 Å². The van der Waals surface area contributed by atoms with Gasteiger partial charge >= 0.3 is 6.03 Å². The Morgan fingerprint density at radius 2 is 2.41 bits per heavy atom. The van der Waals surface area contributed by atoms with E-state index in [-0.39, 0.29) is 6.03 Å². The van der Waals surface area contributed by atoms with Gasteiger partial charge < -0.3 is 20.1 Å². The van der Waals surface area contributed by atoms with Crippen LogP contribution in [-0.4, -0.2) is 55.5 Å². The van der Waals surface area contributed by atoms with Crippen LogP contribution in [0.15, 0.2) is 0 Å². The van der Waals surface area contributed by atoms with Crippen LogP contribution in [0.4, 0.5) is 4.79 Å². The van der Waals surface area contributed by atoms with E-state index >= 15 is 0 Å². The lowest BCUT2D eigenvalue weighted by atomic mass is 10.0. The summed E-state index contributed by atoms with van der Waals surface area (Å²) in [6.07, 6.45) is 2.32. The molecule has 0 radical (unpaired) electrons. The second-order valence-electron chi connectivity index (χ2n) is 4.82. The standard InChI is InChI=1S/C12H24N2O3/c1-10-4-3-7-14(8-10)12(16)13-6-5-11(15)9-17-2/h10-11,15H,3-9H2,1-2H3,(H,13,16). The van der Waals surface area contributed by atoms with Crippen molar-refractivity contribution in [1.29, 1.82) is 0 Å². The first-order valence-corrected chi connectivity index (χ1v) is 6.33. The molecule has 2 unspecified atom stereocenters. The Hall–Kier alpha value is -0.810. The lowest BCUT2D eigenvalue weighted by Gasteiger charge is -2.31. The molecule has 2 N–H and O–H groups in total. The molecule has 17 heavy (non-hydrogen) atoms. The molecule has 0 aromatic heterocycles. The molecular formula is C12H24N2O3. The van der Waals surface area contributed by atoms with Crippen LogP contribution >= 0.6 is 0 Å². The van der Waals surface area contributed by atoms with Gasteiger partial charge in [0.15, 0.2) is 0 Å². The molecule has 0 aromatic rings. The third-order valence-corrected chi connectivity index (χ3v) is 3.06. The molecule has 1 heterocycles. The van der Waals surface area contributed by atoms with E-state index < -0.39 is 6.10 Å². The van der Waals surface area contributed by atoms with E-state index in [1.165, 1.54) is 6.42 Å². The summed E-state index contributed by atoms with van der Waals surface area (Å²) < 4.78 is 4.82. The number of aliphatic hydroxyl groups excluding tert-OH is 1. The molecule has 0 saturated carbocycles. The second kappa shape index (κ2) is 7.50. The molecular weight excluding hydrogens is 220 g/mol. The van der Waals surface area contributed by atoms with Crippen molar-refractivity contribution < 1.29 is 14.6 Å². The Morgan fingerprint density at radius 3 is 3.06 bits per heavy atom. The summed E-state index contributed by atoms with van der Waals surface area (Å²) in [5, 5.41) is 12.3. The molecule has 1 rings (SSSR count). The number of likely N-dealkylation sites (tertiary alicyclic amines) is 1. The molecule has 0 bridgehead atoms. The number of rotatable bonds is 5. The fraction of sp³-hybridized carbons (Fsp3) is 0.917. The first-order valence-electron chi connectivity index (χ1n) is 6.33. The number of carbonyl (C=O) groups is 1. The van der Waals surface area contributed by atoms with Gasteiger partial charge in [-0.1, -0.05) is 6.92 Å². The van der Waals surface area contributed by atoms with Gasteiger partial charge in [-0.25, -0.2) is 4.79 Å². The fourth-order valence-corrected chi connectivity index (χ4v) is 2.11. The average Bonchev–Trinajstić information content (AvgIpc) is 2.29. The summed E-state index contributed by atoms with van der Waals surface area (Å²) in [5.41, 5.74) is 0. The van der Waals surface area contributed by atoms with Crippen LogP contribution in [0.25, 0.3) is 0 Å². The number of piperidine rings is 1. The fourth-order valence-electron chi connectivity index (χ4n) is 2.11. The van der Waals surface area contributed by atoms with Gasteiger partial charge in [-0.15, -0.1) is 0 Å². The van der Waals surface area contributed by atoms with Gasteiger partial charge in [-0.05, 0) is 25.2 Å². The number of carbonyl (C=O) groups excluding carboxylic acids is 1. The van der Waals surface area contributed by atoms with E-state index in [4.69, 9.17) is 4.74 Å². The number of hydrogen-bond acceptors (Lipinski definition) is 3. The van der Waals surface area contributed by atoms with Gasteiger partial charge in [0, 0.05) is 26.7 Å². The minimum absolute atomic E-state index is 0.0128. The number of urea groups is 1. The SMILES string of the molecule is COCC(O)CCNC(=O)N1CCCC(C)C1. The summed E-state index contributed by atoms with van der Waals surface area (Å²) >= 11 is 0. The quantitative estimate of drug-likeness (QED) is 0.753. The number of ether oxygens (including phenoxy) is 1. The Balaban J connectivity index is 2.16. The zero-order valence-corrected chi connectivity index (χ0v) is 10.8. The van der Waals surface area contributed by atoms with Crippen molar-refractivity contribution in [3.63, 3.8) is 0 Å². The highest BCUT2D eigenvalue weighted by Crippen LogP contribution is 2.15. The van der Waals surface area contributed by atoms with Crippen molar-refractivity contribution in [2.75, 3.05) is 33.4 Å². The molecule has 2 atom stereocenters. The van der Waals surface area contributed by atoms with Crippen molar-refractivity contribution in [3.8, 4) is 0 Å². The highest BCUT2D eigenvalue weighted by Gasteiger charge is 2.20. The summed E-state index contributed by atoms with van der Waals surface area (Å²) in [4.78, 5) is 13.6. The van der Waals surface area contributed by atoms with E-state index in [0.29, 0.717) is 25.5 Å². The van der Waals surface area contributed by atoms with Crippen LogP contribution in [0.2, 0.25) is 0 Å². The number of amides is 2. The molecule has 1 fully saturated rings. The highest BCUT2D eigenvalue weighted by atomic mass is 16.5. The average molecular weight is 244 g/mol. The van der Waals surface area contributed by atoms with Gasteiger partial charge in [0.25, 0.3) is 0 Å². The second-order valence-corrected chi connectivity index (χ2v) is 4.82. The van der Waals surface area contributed by atoms with E-state index in [1.807, 2.05) is 4.90 Å². The largest absolute Gasteiger partial charge is 0.391 e. The molecule has 2 amide bonds. The molecule has 0 spiro atoms. The van der Waals surface area contributed by atoms with Crippen LogP contribution in [0.5, 0.6) is 0 Å². The van der Waals surface area contributed by atoms with Crippen LogP contribution in [0.3, 0.4) is 0 Å². The summed E-state index contributed by atoms with van der Waals surface area (Å²) in [6, 6.07) is -0.0128. The minimum Gasteiger partial charge on any atom is -0.391 e. The normalized spacial score (nSPS) is 22.3. The molecule has 100 valence electrons. The number of nitrogens with zero attached hydrogens (tertiary/aromatic N) is 1. The van der Waals surface area contributed by atoms with Crippen molar-refractivity contribution in [2.24, 2.45) is 5.92 Å². The van der Waals surface area contributed by atoms with Crippen molar-refractivity contribution in [1.82, 2.24) is 10.2 Å². The Kier molecular flexibility index (Phi) is 6.29. The highest BCUT2D eigenvalue weighted by molar-refractivity contribution is 5.74. The summed E-state index contributed by atoms with van der Waals surface area (Å²) in [6.45, 7) is 4.66. The zero-order valence-electron chi connectivity index (χ0n) is 10.8. The predicted octanol–water partition coefficient (Wildman–Crippen LogP) is 0.825. The molecule has 5 heteroatoms. The van der Waals surface area contributed by atoms with Crippen LogP contribution in [-0.2, 0) is 4.74 Å². The molecule has 0 aliphatic carbocycles. The Labute approximate surface area is 103 Å². The van der Waals surface area contributed by atoms with Crippen molar-refractivity contribution in [2.45, 2.75) is 32.3 Å². The first kappa shape index (κ1) is 14.3. The minimum atomic E-state index is -0.499. The van der Waals surface area contributed by atoms with Crippen molar-refractivity contribution in [3.05, 3.63) is 0 Å². The van der Waals surface area contributed by atoms with Gasteiger partial charge in [0.05, 0.1) is 12.7 Å². The first-order chi connectivity index (χ1) is 8.13. The molecule has 1 aliphatic rings. The Bertz CT molecular complexity index is 236. The lowest BCUT2D eigenvalue weighted by molar-refractivity contribution is 0.0594. The monoisotopic (exact) mass is 244 g/mol. The van der Waals surface area contributed by atoms with E-state index in [2.05, 4.69) is 12.2 Å². The zero-order chi connectivity index (χ0) is 12.7. The van der Waals surface area contributed by atoms with Crippen LogP contribution in [0.1, 0.15) is 26.2 Å². The van der Waals surface area contributed by atoms with Crippen LogP contribution in [0, 0.1) is 5.92 Å². The van der Waals surface area contributed by atoms with Gasteiger partial charge in [-0.2, -0.15) is 0 Å². The smallest absolute Gasteiger partial charge is 0.317 e. The molecule has 0 aromatic carbocycles. The van der Waals surface area contributed by atoms with Crippen LogP contribution < -0.4 is 5.32 Å². The number of hydrogen-bond donors (Lipinski definition) is 2. The number of aliphatic hydroxyl groups is 1. The number of nitrogens with one attached hydrogen (secondary N) is 1. The third-order valence-electron chi connectivity index (χ3n) is 3.06. The molecule has 1 saturated heterocycles. The maximum atomic E-state index is 11.8. The maximum Gasteiger partial charge on any atom is 0.317 e. The van der Waals surface area contributed by atoms with E-state index in [0.717, 1.165) is 19.5 Å². The van der Waals surface area contributed by atoms with Crippen molar-refractivity contribution >= 4 is 6.03 Å². The third kappa shape index (κ3) is 5.37. The Morgan fingerprint density at radius 1 is 1.65 bits per heavy atom. The van der Waals surface area contributed by atoms with Gasteiger partial charge in [0.1, 0.15) is 0 Å². The molecule has 5 nitrogen and oxygen atoms in total. The van der Waals surface area contributed by atoms with Gasteiger partial charge in [-0.3, -0.25) is 0 Å². The maximum absolute atomic E-state index is 11.8.